The smallest absolute Gasteiger partial charge is 0.410 e. The summed E-state index contributed by atoms with van der Waals surface area (Å²) in [6, 6.07) is 17.2. The van der Waals surface area contributed by atoms with Crippen LogP contribution in [0.4, 0.5) is 4.79 Å². The average Bonchev–Trinajstić information content (AvgIpc) is 2.90. The summed E-state index contributed by atoms with van der Waals surface area (Å²) in [6.45, 7) is 13.3. The summed E-state index contributed by atoms with van der Waals surface area (Å²) >= 11 is 0. The van der Waals surface area contributed by atoms with Crippen molar-refractivity contribution < 1.29 is 14.3 Å². The largest absolute Gasteiger partial charge is 0.444 e. The van der Waals surface area contributed by atoms with Gasteiger partial charge in [0.05, 0.1) is 12.2 Å². The van der Waals surface area contributed by atoms with Crippen molar-refractivity contribution in [2.45, 2.75) is 53.7 Å². The van der Waals surface area contributed by atoms with Crippen molar-refractivity contribution in [1.82, 2.24) is 14.4 Å². The minimum Gasteiger partial charge on any atom is -0.444 e. The lowest BCUT2D eigenvalue weighted by atomic mass is 10.0. The van der Waals surface area contributed by atoms with Gasteiger partial charge in [0.25, 0.3) is 11.5 Å². The number of aryl methyl sites for hydroxylation is 3. The van der Waals surface area contributed by atoms with E-state index in [1.54, 1.807) is 33.4 Å². The molecule has 2 aromatic carbocycles. The van der Waals surface area contributed by atoms with Crippen LogP contribution < -0.4 is 5.56 Å². The first kappa shape index (κ1) is 28.6. The maximum atomic E-state index is 13.4. The quantitative estimate of drug-likeness (QED) is 0.461. The molecule has 0 radical (unpaired) electrons. The van der Waals surface area contributed by atoms with E-state index in [9.17, 15) is 19.6 Å². The van der Waals surface area contributed by atoms with Crippen LogP contribution in [-0.2, 0) is 11.3 Å². The summed E-state index contributed by atoms with van der Waals surface area (Å²) in [5.74, 6) is -0.112. The van der Waals surface area contributed by atoms with Crippen LogP contribution in [0, 0.1) is 32.1 Å². The Labute approximate surface area is 235 Å². The molecule has 0 saturated carbocycles. The summed E-state index contributed by atoms with van der Waals surface area (Å²) in [5.41, 5.74) is 5.05. The van der Waals surface area contributed by atoms with E-state index in [-0.39, 0.29) is 23.1 Å². The Morgan fingerprint density at radius 2 is 1.52 bits per heavy atom. The van der Waals surface area contributed by atoms with Crippen LogP contribution in [0.3, 0.4) is 0 Å². The second-order valence-corrected chi connectivity index (χ2v) is 11.4. The summed E-state index contributed by atoms with van der Waals surface area (Å²) < 4.78 is 7.08. The normalized spacial score (nSPS) is 13.6. The highest BCUT2D eigenvalue weighted by molar-refractivity contribution is 5.94. The van der Waals surface area contributed by atoms with Gasteiger partial charge in [-0.15, -0.1) is 0 Å². The summed E-state index contributed by atoms with van der Waals surface area (Å²) in [4.78, 5) is 42.3. The van der Waals surface area contributed by atoms with Gasteiger partial charge >= 0.3 is 6.09 Å². The first-order valence-corrected chi connectivity index (χ1v) is 13.5. The van der Waals surface area contributed by atoms with Gasteiger partial charge in [-0.25, -0.2) is 4.79 Å². The number of rotatable bonds is 4. The number of benzene rings is 2. The molecule has 0 atom stereocenters. The number of carbonyl (C=O) groups is 2. The molecular formula is C32H36N4O4. The van der Waals surface area contributed by atoms with Gasteiger partial charge in [-0.1, -0.05) is 35.9 Å². The van der Waals surface area contributed by atoms with Crippen molar-refractivity contribution in [3.05, 3.63) is 92.3 Å². The van der Waals surface area contributed by atoms with Gasteiger partial charge in [-0.3, -0.25) is 9.59 Å². The number of nitrogens with zero attached hydrogens (tertiary/aromatic N) is 4. The summed E-state index contributed by atoms with van der Waals surface area (Å²) in [6.07, 6.45) is -0.367. The van der Waals surface area contributed by atoms with Crippen LogP contribution in [0.5, 0.6) is 0 Å². The molecular weight excluding hydrogens is 504 g/mol. The van der Waals surface area contributed by atoms with Crippen molar-refractivity contribution in [3.8, 4) is 17.3 Å². The maximum absolute atomic E-state index is 13.4. The predicted molar refractivity (Wildman–Crippen MR) is 154 cm³/mol. The molecule has 0 spiro atoms. The van der Waals surface area contributed by atoms with E-state index in [0.717, 1.165) is 22.3 Å². The molecule has 2 heterocycles. The van der Waals surface area contributed by atoms with Crippen LogP contribution >= 0.6 is 0 Å². The van der Waals surface area contributed by atoms with E-state index < -0.39 is 5.60 Å². The first-order valence-electron chi connectivity index (χ1n) is 13.5. The van der Waals surface area contributed by atoms with Crippen LogP contribution in [0.1, 0.15) is 58.9 Å². The van der Waals surface area contributed by atoms with Crippen molar-refractivity contribution in [3.63, 3.8) is 0 Å². The average molecular weight is 541 g/mol. The van der Waals surface area contributed by atoms with Gasteiger partial charge in [-0.2, -0.15) is 5.26 Å². The Hall–Kier alpha value is -4.38. The van der Waals surface area contributed by atoms with Gasteiger partial charge in [-0.05, 0) is 82.0 Å². The Kier molecular flexibility index (Phi) is 8.15. The highest BCUT2D eigenvalue weighted by atomic mass is 16.6. The Balaban J connectivity index is 1.56. The number of aromatic nitrogens is 1. The molecule has 0 unspecified atom stereocenters. The zero-order valence-corrected chi connectivity index (χ0v) is 24.1. The monoisotopic (exact) mass is 540 g/mol. The fourth-order valence-corrected chi connectivity index (χ4v) is 4.88. The molecule has 3 aromatic rings. The minimum absolute atomic E-state index is 0.112. The molecule has 8 heteroatoms. The third-order valence-electron chi connectivity index (χ3n) is 7.08. The second kappa shape index (κ2) is 11.4. The molecule has 8 nitrogen and oxygen atoms in total. The van der Waals surface area contributed by atoms with E-state index in [1.165, 1.54) is 0 Å². The summed E-state index contributed by atoms with van der Waals surface area (Å²) in [5, 5.41) is 9.63. The molecule has 40 heavy (non-hydrogen) atoms. The van der Waals surface area contributed by atoms with Gasteiger partial charge in [0, 0.05) is 31.7 Å². The molecule has 1 aliphatic heterocycles. The maximum Gasteiger partial charge on any atom is 0.410 e. The minimum atomic E-state index is -0.566. The number of amides is 2. The topological polar surface area (TPSA) is 95.6 Å². The van der Waals surface area contributed by atoms with Crippen LogP contribution in [0.15, 0.2) is 53.3 Å². The molecule has 0 bridgehead atoms. The predicted octanol–water partition coefficient (Wildman–Crippen LogP) is 5.05. The highest BCUT2D eigenvalue weighted by Gasteiger charge is 2.28. The number of piperazine rings is 1. The van der Waals surface area contributed by atoms with Crippen LogP contribution in [-0.4, -0.2) is 58.1 Å². The molecule has 0 N–H and O–H groups in total. The standard InChI is InChI=1S/C32H36N4O4/c1-21-7-8-26(22(2)17-21)20-36-28(18-23(3)27(19-33)30(36)38)24-9-11-25(12-10-24)29(37)34-13-15-35(16-14-34)31(39)40-32(4,5)6/h7-12,17-18H,13-16,20H2,1-6H3. The van der Waals surface area contributed by atoms with Crippen LogP contribution in [0.25, 0.3) is 11.3 Å². The Morgan fingerprint density at radius 3 is 2.10 bits per heavy atom. The molecule has 208 valence electrons. The third-order valence-corrected chi connectivity index (χ3v) is 7.08. The Bertz CT molecular complexity index is 1530. The fourth-order valence-electron chi connectivity index (χ4n) is 4.88. The third kappa shape index (κ3) is 6.26. The van der Waals surface area contributed by atoms with Gasteiger partial charge < -0.3 is 19.1 Å². The number of hydrogen-bond donors (Lipinski definition) is 0. The fraction of sp³-hybridized carbons (Fsp3) is 0.375. The lowest BCUT2D eigenvalue weighted by molar-refractivity contribution is 0.0141. The molecule has 1 saturated heterocycles. The number of hydrogen-bond acceptors (Lipinski definition) is 5. The SMILES string of the molecule is Cc1ccc(Cn2c(-c3ccc(C(=O)N4CCN(C(=O)OC(C)(C)C)CC4)cc3)cc(C)c(C#N)c2=O)c(C)c1. The number of nitriles is 1. The lowest BCUT2D eigenvalue weighted by Gasteiger charge is -2.35. The molecule has 1 aliphatic rings. The molecule has 1 aromatic heterocycles. The lowest BCUT2D eigenvalue weighted by Crippen LogP contribution is -2.51. The number of pyridine rings is 1. The van der Waals surface area contributed by atoms with Crippen molar-refractivity contribution in [1.29, 1.82) is 5.26 Å². The van der Waals surface area contributed by atoms with Crippen molar-refractivity contribution in [2.75, 3.05) is 26.2 Å². The molecule has 0 aliphatic carbocycles. The van der Waals surface area contributed by atoms with E-state index in [2.05, 4.69) is 12.1 Å². The summed E-state index contributed by atoms with van der Waals surface area (Å²) in [7, 11) is 0. The van der Waals surface area contributed by atoms with E-state index in [1.807, 2.05) is 65.0 Å². The Morgan fingerprint density at radius 1 is 0.900 bits per heavy atom. The van der Waals surface area contributed by atoms with Gasteiger partial charge in [0.1, 0.15) is 17.2 Å². The number of ether oxygens (including phenoxy) is 1. The van der Waals surface area contributed by atoms with Crippen LogP contribution in [0.2, 0.25) is 0 Å². The van der Waals surface area contributed by atoms with E-state index in [4.69, 9.17) is 4.74 Å². The molecule has 2 amide bonds. The van der Waals surface area contributed by atoms with Crippen molar-refractivity contribution >= 4 is 12.0 Å². The molecule has 4 rings (SSSR count). The van der Waals surface area contributed by atoms with Gasteiger partial charge in [0.2, 0.25) is 0 Å². The van der Waals surface area contributed by atoms with Gasteiger partial charge in [0.15, 0.2) is 0 Å². The second-order valence-electron chi connectivity index (χ2n) is 11.4. The van der Waals surface area contributed by atoms with E-state index >= 15 is 0 Å². The first-order chi connectivity index (χ1) is 18.9. The van der Waals surface area contributed by atoms with E-state index in [0.29, 0.717) is 49.5 Å². The van der Waals surface area contributed by atoms with Crippen molar-refractivity contribution in [2.24, 2.45) is 0 Å². The zero-order chi connectivity index (χ0) is 29.2. The molecule has 1 fully saturated rings. The highest BCUT2D eigenvalue weighted by Crippen LogP contribution is 2.24. The number of carbonyl (C=O) groups excluding carboxylic acids is 2. The zero-order valence-electron chi connectivity index (χ0n) is 24.1.